The van der Waals surface area contributed by atoms with Crippen LogP contribution < -0.4 is 5.32 Å². The lowest BCUT2D eigenvalue weighted by Crippen LogP contribution is -2.35. The number of benzene rings is 1. The number of nitrogens with one attached hydrogen (secondary N) is 1. The van der Waals surface area contributed by atoms with Crippen molar-refractivity contribution in [2.24, 2.45) is 11.8 Å². The van der Waals surface area contributed by atoms with Gasteiger partial charge in [0.1, 0.15) is 5.82 Å². The van der Waals surface area contributed by atoms with Gasteiger partial charge in [-0.15, -0.1) is 0 Å². The molecule has 1 fully saturated rings. The lowest BCUT2D eigenvalue weighted by Gasteiger charge is -2.35. The predicted molar refractivity (Wildman–Crippen MR) is 85.9 cm³/mol. The van der Waals surface area contributed by atoms with Gasteiger partial charge in [-0.05, 0) is 42.9 Å². The number of pyridine rings is 1. The fraction of sp³-hybridized carbons (Fsp3) is 0.500. The van der Waals surface area contributed by atoms with E-state index < -0.39 is 0 Å². The fourth-order valence-electron chi connectivity index (χ4n) is 3.47. The van der Waals surface area contributed by atoms with Crippen LogP contribution in [-0.4, -0.2) is 11.0 Å². The molecule has 0 amide bonds. The normalized spacial score (nSPS) is 23.1. The summed E-state index contributed by atoms with van der Waals surface area (Å²) in [6, 6.07) is 13.2. The summed E-state index contributed by atoms with van der Waals surface area (Å²) in [5.41, 5.74) is 1.08. The van der Waals surface area contributed by atoms with E-state index in [0.717, 1.165) is 23.2 Å². The molecule has 0 radical (unpaired) electrons. The first-order valence-electron chi connectivity index (χ1n) is 7.86. The van der Waals surface area contributed by atoms with E-state index in [-0.39, 0.29) is 0 Å². The smallest absolute Gasteiger partial charge is 0.126 e. The summed E-state index contributed by atoms with van der Waals surface area (Å²) in [7, 11) is 0. The highest BCUT2D eigenvalue weighted by atomic mass is 15.0. The van der Waals surface area contributed by atoms with Crippen LogP contribution in [0.2, 0.25) is 0 Å². The van der Waals surface area contributed by atoms with Crippen LogP contribution in [0.1, 0.15) is 39.5 Å². The van der Waals surface area contributed by atoms with Gasteiger partial charge in [-0.25, -0.2) is 4.98 Å². The maximum Gasteiger partial charge on any atom is 0.126 e. The lowest BCUT2D eigenvalue weighted by molar-refractivity contribution is 0.253. The zero-order valence-corrected chi connectivity index (χ0v) is 12.5. The van der Waals surface area contributed by atoms with E-state index in [0.29, 0.717) is 6.04 Å². The van der Waals surface area contributed by atoms with Gasteiger partial charge >= 0.3 is 0 Å². The highest BCUT2D eigenvalue weighted by molar-refractivity contribution is 5.80. The first-order chi connectivity index (χ1) is 9.74. The third kappa shape index (κ3) is 2.79. The maximum atomic E-state index is 4.75. The minimum absolute atomic E-state index is 0.581. The molecule has 1 aliphatic rings. The molecule has 1 N–H and O–H groups in total. The van der Waals surface area contributed by atoms with Gasteiger partial charge in [0.15, 0.2) is 0 Å². The zero-order valence-electron chi connectivity index (χ0n) is 12.5. The Kier molecular flexibility index (Phi) is 3.90. The molecule has 2 aromatic rings. The van der Waals surface area contributed by atoms with Crippen molar-refractivity contribution in [2.45, 2.75) is 45.6 Å². The number of nitrogens with zero attached hydrogens (tertiary/aromatic N) is 1. The Balaban J connectivity index is 1.80. The molecule has 0 aliphatic heterocycles. The van der Waals surface area contributed by atoms with Crippen LogP contribution in [0, 0.1) is 11.8 Å². The first-order valence-corrected chi connectivity index (χ1v) is 7.86. The second kappa shape index (κ2) is 5.82. The molecular formula is C18H24N2. The Morgan fingerprint density at radius 2 is 1.85 bits per heavy atom. The molecule has 106 valence electrons. The minimum Gasteiger partial charge on any atom is -0.367 e. The van der Waals surface area contributed by atoms with Gasteiger partial charge < -0.3 is 5.32 Å². The maximum absolute atomic E-state index is 4.75. The van der Waals surface area contributed by atoms with Gasteiger partial charge in [-0.1, -0.05) is 44.9 Å². The SMILES string of the molecule is CC(C)C1CCCCC1Nc1ccc2ccccc2n1. The monoisotopic (exact) mass is 268 g/mol. The van der Waals surface area contributed by atoms with Crippen molar-refractivity contribution in [3.63, 3.8) is 0 Å². The van der Waals surface area contributed by atoms with Crippen molar-refractivity contribution in [1.29, 1.82) is 0 Å². The second-order valence-corrected chi connectivity index (χ2v) is 6.33. The van der Waals surface area contributed by atoms with Gasteiger partial charge in [0.25, 0.3) is 0 Å². The quantitative estimate of drug-likeness (QED) is 0.859. The van der Waals surface area contributed by atoms with Gasteiger partial charge in [0.2, 0.25) is 0 Å². The molecule has 20 heavy (non-hydrogen) atoms. The second-order valence-electron chi connectivity index (χ2n) is 6.33. The van der Waals surface area contributed by atoms with Gasteiger partial charge in [-0.3, -0.25) is 0 Å². The highest BCUT2D eigenvalue weighted by Crippen LogP contribution is 2.32. The number of anilines is 1. The topological polar surface area (TPSA) is 24.9 Å². The van der Waals surface area contributed by atoms with Crippen LogP contribution in [-0.2, 0) is 0 Å². The third-order valence-corrected chi connectivity index (χ3v) is 4.61. The van der Waals surface area contributed by atoms with Crippen LogP contribution in [0.4, 0.5) is 5.82 Å². The summed E-state index contributed by atoms with van der Waals surface area (Å²) in [6.07, 6.45) is 5.35. The van der Waals surface area contributed by atoms with Crippen LogP contribution in [0.3, 0.4) is 0 Å². The van der Waals surface area contributed by atoms with Crippen molar-refractivity contribution in [3.8, 4) is 0 Å². The fourth-order valence-corrected chi connectivity index (χ4v) is 3.47. The van der Waals surface area contributed by atoms with E-state index in [1.54, 1.807) is 0 Å². The number of hydrogen-bond acceptors (Lipinski definition) is 2. The number of aromatic nitrogens is 1. The molecule has 1 saturated carbocycles. The molecule has 0 bridgehead atoms. The molecule has 1 heterocycles. The van der Waals surface area contributed by atoms with Gasteiger partial charge in [0, 0.05) is 11.4 Å². The zero-order chi connectivity index (χ0) is 13.9. The summed E-state index contributed by atoms with van der Waals surface area (Å²) in [5.74, 6) is 2.55. The van der Waals surface area contributed by atoms with E-state index in [4.69, 9.17) is 4.98 Å². The largest absolute Gasteiger partial charge is 0.367 e. The van der Waals surface area contributed by atoms with Crippen LogP contribution in [0.15, 0.2) is 36.4 Å². The Bertz CT molecular complexity index is 576. The van der Waals surface area contributed by atoms with Crippen molar-refractivity contribution in [3.05, 3.63) is 36.4 Å². The highest BCUT2D eigenvalue weighted by Gasteiger charge is 2.27. The first kappa shape index (κ1) is 13.4. The summed E-state index contributed by atoms with van der Waals surface area (Å²) in [5, 5.41) is 4.90. The Hall–Kier alpha value is -1.57. The van der Waals surface area contributed by atoms with Crippen molar-refractivity contribution < 1.29 is 0 Å². The molecule has 1 aromatic heterocycles. The summed E-state index contributed by atoms with van der Waals surface area (Å²) in [6.45, 7) is 4.69. The molecule has 2 heteroatoms. The molecule has 2 nitrogen and oxygen atoms in total. The molecule has 2 atom stereocenters. The van der Waals surface area contributed by atoms with Crippen molar-refractivity contribution in [2.75, 3.05) is 5.32 Å². The van der Waals surface area contributed by atoms with Crippen molar-refractivity contribution >= 4 is 16.7 Å². The average molecular weight is 268 g/mol. The Morgan fingerprint density at radius 3 is 2.70 bits per heavy atom. The summed E-state index contributed by atoms with van der Waals surface area (Å²) < 4.78 is 0. The standard InChI is InChI=1S/C18H24N2/c1-13(2)15-8-4-6-10-17(15)20-18-12-11-14-7-3-5-9-16(14)19-18/h3,5,7,9,11-13,15,17H,4,6,8,10H2,1-2H3,(H,19,20). The summed E-state index contributed by atoms with van der Waals surface area (Å²) >= 11 is 0. The number of fused-ring (bicyclic) bond motifs is 1. The van der Waals surface area contributed by atoms with Gasteiger partial charge in [-0.2, -0.15) is 0 Å². The number of para-hydroxylation sites is 1. The van der Waals surface area contributed by atoms with Crippen LogP contribution in [0.5, 0.6) is 0 Å². The molecule has 1 aliphatic carbocycles. The molecule has 1 aromatic carbocycles. The van der Waals surface area contributed by atoms with Crippen molar-refractivity contribution in [1.82, 2.24) is 4.98 Å². The predicted octanol–water partition coefficient (Wildman–Crippen LogP) is 4.86. The Labute approximate surface area is 121 Å². The van der Waals surface area contributed by atoms with E-state index in [1.807, 2.05) is 0 Å². The lowest BCUT2D eigenvalue weighted by atomic mass is 9.78. The molecular weight excluding hydrogens is 244 g/mol. The molecule has 0 saturated heterocycles. The molecule has 0 spiro atoms. The van der Waals surface area contributed by atoms with Gasteiger partial charge in [0.05, 0.1) is 5.52 Å². The van der Waals surface area contributed by atoms with Crippen LogP contribution >= 0.6 is 0 Å². The Morgan fingerprint density at radius 1 is 1.05 bits per heavy atom. The van der Waals surface area contributed by atoms with E-state index >= 15 is 0 Å². The third-order valence-electron chi connectivity index (χ3n) is 4.61. The summed E-state index contributed by atoms with van der Waals surface area (Å²) in [4.78, 5) is 4.75. The van der Waals surface area contributed by atoms with Crippen LogP contribution in [0.25, 0.3) is 10.9 Å². The molecule has 3 rings (SSSR count). The van der Waals surface area contributed by atoms with E-state index in [1.165, 1.54) is 31.1 Å². The number of rotatable bonds is 3. The molecule has 2 unspecified atom stereocenters. The van der Waals surface area contributed by atoms with E-state index in [2.05, 4.69) is 55.6 Å². The van der Waals surface area contributed by atoms with E-state index in [9.17, 15) is 0 Å². The minimum atomic E-state index is 0.581. The number of hydrogen-bond donors (Lipinski definition) is 1. The average Bonchev–Trinajstić information content (AvgIpc) is 2.47.